The number of likely N-dealkylation sites (N-methyl/N-ethyl adjacent to an activating group) is 2. The summed E-state index contributed by atoms with van der Waals surface area (Å²) in [5.74, 6) is 1.74. The van der Waals surface area contributed by atoms with Crippen molar-refractivity contribution >= 4 is 5.69 Å². The van der Waals surface area contributed by atoms with E-state index in [1.807, 2.05) is 12.1 Å². The minimum Gasteiger partial charge on any atom is -0.497 e. The first-order chi connectivity index (χ1) is 9.74. The van der Waals surface area contributed by atoms with E-state index in [4.69, 9.17) is 4.74 Å². The summed E-state index contributed by atoms with van der Waals surface area (Å²) in [6, 6.07) is 8.91. The number of hydrogen-bond acceptors (Lipinski definition) is 3. The Kier molecular flexibility index (Phi) is 5.72. The van der Waals surface area contributed by atoms with Gasteiger partial charge in [-0.3, -0.25) is 0 Å². The largest absolute Gasteiger partial charge is 0.497 e. The molecule has 1 atom stereocenters. The zero-order valence-corrected chi connectivity index (χ0v) is 13.1. The highest BCUT2D eigenvalue weighted by molar-refractivity contribution is 5.48. The molecule has 3 heteroatoms. The van der Waals surface area contributed by atoms with Gasteiger partial charge in [0.05, 0.1) is 7.11 Å². The third-order valence-electron chi connectivity index (χ3n) is 4.57. The van der Waals surface area contributed by atoms with Gasteiger partial charge in [-0.1, -0.05) is 19.3 Å². The third kappa shape index (κ3) is 3.89. The van der Waals surface area contributed by atoms with Crippen LogP contribution in [0.1, 0.15) is 32.1 Å². The molecule has 1 aromatic rings. The van der Waals surface area contributed by atoms with Gasteiger partial charge in [0, 0.05) is 25.3 Å². The van der Waals surface area contributed by atoms with E-state index in [2.05, 4.69) is 36.4 Å². The van der Waals surface area contributed by atoms with Gasteiger partial charge in [0.1, 0.15) is 5.75 Å². The first-order valence-corrected chi connectivity index (χ1v) is 7.77. The number of benzene rings is 1. The number of nitrogens with one attached hydrogen (secondary N) is 1. The van der Waals surface area contributed by atoms with Crippen LogP contribution in [-0.4, -0.2) is 33.8 Å². The molecule has 0 saturated heterocycles. The van der Waals surface area contributed by atoms with Crippen molar-refractivity contribution in [3.63, 3.8) is 0 Å². The molecule has 0 spiro atoms. The van der Waals surface area contributed by atoms with Crippen molar-refractivity contribution < 1.29 is 4.74 Å². The van der Waals surface area contributed by atoms with Gasteiger partial charge in [0.15, 0.2) is 0 Å². The van der Waals surface area contributed by atoms with Gasteiger partial charge in [0.2, 0.25) is 0 Å². The number of anilines is 1. The van der Waals surface area contributed by atoms with Crippen LogP contribution in [0.5, 0.6) is 5.75 Å². The fourth-order valence-corrected chi connectivity index (χ4v) is 3.25. The third-order valence-corrected chi connectivity index (χ3v) is 4.57. The molecule has 1 saturated carbocycles. The molecule has 1 aliphatic rings. The molecule has 1 fully saturated rings. The van der Waals surface area contributed by atoms with Crippen LogP contribution in [-0.2, 0) is 0 Å². The van der Waals surface area contributed by atoms with Gasteiger partial charge in [-0.2, -0.15) is 0 Å². The lowest BCUT2D eigenvalue weighted by atomic mass is 9.83. The molecule has 0 heterocycles. The van der Waals surface area contributed by atoms with Crippen molar-refractivity contribution in [1.82, 2.24) is 5.32 Å². The van der Waals surface area contributed by atoms with E-state index >= 15 is 0 Å². The second-order valence-corrected chi connectivity index (χ2v) is 5.87. The second-order valence-electron chi connectivity index (χ2n) is 5.87. The maximum Gasteiger partial charge on any atom is 0.119 e. The van der Waals surface area contributed by atoms with Crippen LogP contribution in [0.4, 0.5) is 5.69 Å². The molecule has 0 bridgehead atoms. The Hall–Kier alpha value is -1.22. The molecular weight excluding hydrogens is 248 g/mol. The Morgan fingerprint density at radius 2 is 1.85 bits per heavy atom. The molecule has 0 aromatic heterocycles. The molecule has 1 unspecified atom stereocenters. The van der Waals surface area contributed by atoms with Crippen LogP contribution in [0.15, 0.2) is 24.3 Å². The van der Waals surface area contributed by atoms with Crippen molar-refractivity contribution in [2.75, 3.05) is 32.6 Å². The first kappa shape index (κ1) is 15.2. The molecule has 1 aliphatic carbocycles. The summed E-state index contributed by atoms with van der Waals surface area (Å²) >= 11 is 0. The molecule has 3 nitrogen and oxygen atoms in total. The van der Waals surface area contributed by atoms with Crippen molar-refractivity contribution in [1.29, 1.82) is 0 Å². The van der Waals surface area contributed by atoms with Gasteiger partial charge in [0.25, 0.3) is 0 Å². The van der Waals surface area contributed by atoms with Crippen molar-refractivity contribution in [2.24, 2.45) is 5.92 Å². The number of methoxy groups -OCH3 is 1. The van der Waals surface area contributed by atoms with Crippen molar-refractivity contribution in [3.8, 4) is 5.75 Å². The highest BCUT2D eigenvalue weighted by Crippen LogP contribution is 2.27. The Labute approximate surface area is 123 Å². The van der Waals surface area contributed by atoms with Gasteiger partial charge in [-0.05, 0) is 50.1 Å². The predicted molar refractivity (Wildman–Crippen MR) is 85.7 cm³/mol. The Morgan fingerprint density at radius 1 is 1.20 bits per heavy atom. The van der Waals surface area contributed by atoms with E-state index < -0.39 is 0 Å². The minimum absolute atomic E-state index is 0.586. The number of nitrogens with zero attached hydrogens (tertiary/aromatic N) is 1. The topological polar surface area (TPSA) is 24.5 Å². The van der Waals surface area contributed by atoms with Crippen LogP contribution < -0.4 is 15.0 Å². The molecule has 0 radical (unpaired) electrons. The van der Waals surface area contributed by atoms with Crippen LogP contribution in [0.3, 0.4) is 0 Å². The maximum absolute atomic E-state index is 5.22. The highest BCUT2D eigenvalue weighted by atomic mass is 16.5. The van der Waals surface area contributed by atoms with E-state index in [1.54, 1.807) is 7.11 Å². The second kappa shape index (κ2) is 7.53. The molecule has 1 aromatic carbocycles. The van der Waals surface area contributed by atoms with E-state index in [-0.39, 0.29) is 0 Å². The quantitative estimate of drug-likeness (QED) is 0.863. The van der Waals surface area contributed by atoms with E-state index in [0.29, 0.717) is 6.04 Å². The molecule has 20 heavy (non-hydrogen) atoms. The van der Waals surface area contributed by atoms with Gasteiger partial charge >= 0.3 is 0 Å². The highest BCUT2D eigenvalue weighted by Gasteiger charge is 2.23. The smallest absolute Gasteiger partial charge is 0.119 e. The molecule has 0 aliphatic heterocycles. The summed E-state index contributed by atoms with van der Waals surface area (Å²) in [5.41, 5.74) is 1.25. The standard InChI is InChI=1S/C17H28N2O/c1-18-17(14-7-5-4-6-8-14)13-19(2)15-9-11-16(20-3)12-10-15/h9-12,14,17-18H,4-8,13H2,1-3H3. The Morgan fingerprint density at radius 3 is 2.40 bits per heavy atom. The number of hydrogen-bond donors (Lipinski definition) is 1. The van der Waals surface area contributed by atoms with Gasteiger partial charge in [-0.25, -0.2) is 0 Å². The van der Waals surface area contributed by atoms with E-state index in [1.165, 1.54) is 37.8 Å². The first-order valence-electron chi connectivity index (χ1n) is 7.77. The molecule has 112 valence electrons. The van der Waals surface area contributed by atoms with Crippen LogP contribution in [0.2, 0.25) is 0 Å². The summed E-state index contributed by atoms with van der Waals surface area (Å²) in [5, 5.41) is 3.53. The monoisotopic (exact) mass is 276 g/mol. The SMILES string of the molecule is CNC(CN(C)c1ccc(OC)cc1)C1CCCCC1. The minimum atomic E-state index is 0.586. The molecule has 2 rings (SSSR count). The molecule has 0 amide bonds. The van der Waals surface area contributed by atoms with Gasteiger partial charge in [-0.15, -0.1) is 0 Å². The fourth-order valence-electron chi connectivity index (χ4n) is 3.25. The average molecular weight is 276 g/mol. The molecule has 1 N–H and O–H groups in total. The van der Waals surface area contributed by atoms with Crippen LogP contribution in [0, 0.1) is 5.92 Å². The zero-order chi connectivity index (χ0) is 14.4. The summed E-state index contributed by atoms with van der Waals surface area (Å²) in [4.78, 5) is 2.34. The van der Waals surface area contributed by atoms with Crippen LogP contribution in [0.25, 0.3) is 0 Å². The summed E-state index contributed by atoms with van der Waals surface area (Å²) in [7, 11) is 5.98. The lowest BCUT2D eigenvalue weighted by molar-refractivity contribution is 0.280. The fraction of sp³-hybridized carbons (Fsp3) is 0.647. The Bertz CT molecular complexity index is 384. The lowest BCUT2D eigenvalue weighted by Crippen LogP contribution is -2.43. The summed E-state index contributed by atoms with van der Waals surface area (Å²) in [6.07, 6.45) is 6.97. The van der Waals surface area contributed by atoms with E-state index in [0.717, 1.165) is 18.2 Å². The summed E-state index contributed by atoms with van der Waals surface area (Å²) < 4.78 is 5.22. The maximum atomic E-state index is 5.22. The van der Waals surface area contributed by atoms with Crippen molar-refractivity contribution in [2.45, 2.75) is 38.1 Å². The lowest BCUT2D eigenvalue weighted by Gasteiger charge is -2.33. The van der Waals surface area contributed by atoms with Crippen LogP contribution >= 0.6 is 0 Å². The predicted octanol–water partition coefficient (Wildman–Crippen LogP) is 3.30. The molecular formula is C17H28N2O. The number of rotatable bonds is 6. The zero-order valence-electron chi connectivity index (χ0n) is 13.1. The number of ether oxygens (including phenoxy) is 1. The average Bonchev–Trinajstić information content (AvgIpc) is 2.53. The van der Waals surface area contributed by atoms with E-state index in [9.17, 15) is 0 Å². The Balaban J connectivity index is 1.94. The van der Waals surface area contributed by atoms with Gasteiger partial charge < -0.3 is 15.0 Å². The summed E-state index contributed by atoms with van der Waals surface area (Å²) in [6.45, 7) is 1.06. The normalized spacial score (nSPS) is 17.8. The van der Waals surface area contributed by atoms with Crippen molar-refractivity contribution in [3.05, 3.63) is 24.3 Å².